The molecule has 1 heterocycles. The Bertz CT molecular complexity index is 1430. The molecule has 202 valence electrons. The lowest BCUT2D eigenvalue weighted by Crippen LogP contribution is -2.25. The number of amides is 1. The highest BCUT2D eigenvalue weighted by molar-refractivity contribution is 6.12. The first-order valence-corrected chi connectivity index (χ1v) is 13.2. The lowest BCUT2D eigenvalue weighted by atomic mass is 9.94. The lowest BCUT2D eigenvalue weighted by molar-refractivity contribution is -0.155. The average molecular weight is 527 g/mol. The first-order valence-electron chi connectivity index (χ1n) is 13.2. The summed E-state index contributed by atoms with van der Waals surface area (Å²) in [5, 5.41) is 3.06. The minimum Gasteiger partial charge on any atom is -0.460 e. The number of hydrogen-bond donors (Lipinski definition) is 1. The Morgan fingerprint density at radius 2 is 1.46 bits per heavy atom. The minimum absolute atomic E-state index is 0.0585. The maximum absolute atomic E-state index is 14.0. The molecule has 3 aromatic carbocycles. The Balaban J connectivity index is 1.97. The molecule has 4 aromatic rings. The number of para-hydroxylation sites is 1. The van der Waals surface area contributed by atoms with Crippen LogP contribution in [0.1, 0.15) is 63.0 Å². The number of ether oxygens (including phenoxy) is 1. The van der Waals surface area contributed by atoms with Crippen LogP contribution in [0.5, 0.6) is 0 Å². The molecular formula is C33H35FN2O3. The molecular weight excluding hydrogens is 491 g/mol. The SMILES string of the molecule is CC(C)c1c(C(=O)Nc2ccccc2)c(-c2ccccc2)c(-c2ccc(F)cc2)n1CCC(=O)OC(C)(C)C. The van der Waals surface area contributed by atoms with Crippen LogP contribution in [0.25, 0.3) is 22.4 Å². The van der Waals surface area contributed by atoms with Gasteiger partial charge in [0.15, 0.2) is 0 Å². The van der Waals surface area contributed by atoms with Crippen molar-refractivity contribution < 1.29 is 18.7 Å². The topological polar surface area (TPSA) is 60.3 Å². The highest BCUT2D eigenvalue weighted by Gasteiger charge is 2.31. The van der Waals surface area contributed by atoms with Gasteiger partial charge >= 0.3 is 5.97 Å². The van der Waals surface area contributed by atoms with Crippen molar-refractivity contribution in [3.8, 4) is 22.4 Å². The van der Waals surface area contributed by atoms with Crippen LogP contribution in [0.4, 0.5) is 10.1 Å². The molecule has 0 aliphatic rings. The third kappa shape index (κ3) is 6.63. The number of nitrogens with one attached hydrogen (secondary N) is 1. The highest BCUT2D eigenvalue weighted by Crippen LogP contribution is 2.42. The summed E-state index contributed by atoms with van der Waals surface area (Å²) in [4.78, 5) is 26.8. The van der Waals surface area contributed by atoms with Gasteiger partial charge in [0.05, 0.1) is 17.7 Å². The smallest absolute Gasteiger partial charge is 0.308 e. The molecule has 0 radical (unpaired) electrons. The van der Waals surface area contributed by atoms with Crippen LogP contribution in [0.2, 0.25) is 0 Å². The maximum Gasteiger partial charge on any atom is 0.308 e. The molecule has 0 saturated carbocycles. The number of esters is 1. The van der Waals surface area contributed by atoms with Crippen LogP contribution in [0, 0.1) is 5.82 Å². The monoisotopic (exact) mass is 526 g/mol. The Hall–Kier alpha value is -4.19. The fourth-order valence-corrected chi connectivity index (χ4v) is 4.80. The number of halogens is 1. The molecule has 1 amide bonds. The minimum atomic E-state index is -0.607. The molecule has 0 fully saturated rings. The predicted octanol–water partition coefficient (Wildman–Crippen LogP) is 8.07. The van der Waals surface area contributed by atoms with Crippen molar-refractivity contribution in [2.45, 2.75) is 59.1 Å². The van der Waals surface area contributed by atoms with Gasteiger partial charge < -0.3 is 14.6 Å². The number of aromatic nitrogens is 1. The zero-order valence-electron chi connectivity index (χ0n) is 23.1. The van der Waals surface area contributed by atoms with Crippen LogP contribution in [-0.4, -0.2) is 22.0 Å². The van der Waals surface area contributed by atoms with E-state index in [-0.39, 0.29) is 30.0 Å². The predicted molar refractivity (Wildman–Crippen MR) is 154 cm³/mol. The Morgan fingerprint density at radius 1 is 0.872 bits per heavy atom. The van der Waals surface area contributed by atoms with E-state index in [9.17, 15) is 14.0 Å². The number of carbonyl (C=O) groups excluding carboxylic acids is 2. The second-order valence-corrected chi connectivity index (χ2v) is 10.8. The van der Waals surface area contributed by atoms with E-state index in [0.717, 1.165) is 28.1 Å². The van der Waals surface area contributed by atoms with Gasteiger partial charge in [-0.2, -0.15) is 0 Å². The molecule has 39 heavy (non-hydrogen) atoms. The second kappa shape index (κ2) is 11.7. The summed E-state index contributed by atoms with van der Waals surface area (Å²) in [5.41, 5.74) is 4.50. The zero-order chi connectivity index (χ0) is 28.2. The average Bonchev–Trinajstić information content (AvgIpc) is 3.23. The summed E-state index contributed by atoms with van der Waals surface area (Å²) in [7, 11) is 0. The van der Waals surface area contributed by atoms with Crippen molar-refractivity contribution in [2.24, 2.45) is 0 Å². The Kier molecular flexibility index (Phi) is 8.34. The fourth-order valence-electron chi connectivity index (χ4n) is 4.80. The summed E-state index contributed by atoms with van der Waals surface area (Å²) >= 11 is 0. The summed E-state index contributed by atoms with van der Waals surface area (Å²) in [5.74, 6) is -0.981. The van der Waals surface area contributed by atoms with Gasteiger partial charge in [-0.25, -0.2) is 4.39 Å². The Morgan fingerprint density at radius 3 is 2.03 bits per heavy atom. The van der Waals surface area contributed by atoms with Crippen LogP contribution in [0.3, 0.4) is 0 Å². The summed E-state index contributed by atoms with van der Waals surface area (Å²) in [6.07, 6.45) is 0.119. The molecule has 4 rings (SSSR count). The lowest BCUT2D eigenvalue weighted by Gasteiger charge is -2.21. The summed E-state index contributed by atoms with van der Waals surface area (Å²) in [6, 6.07) is 25.3. The molecule has 0 atom stereocenters. The third-order valence-electron chi connectivity index (χ3n) is 6.25. The first-order chi connectivity index (χ1) is 18.5. The number of nitrogens with zero attached hydrogens (tertiary/aromatic N) is 1. The van der Waals surface area contributed by atoms with Crippen molar-refractivity contribution in [1.82, 2.24) is 4.57 Å². The number of hydrogen-bond acceptors (Lipinski definition) is 3. The molecule has 0 bridgehead atoms. The van der Waals surface area contributed by atoms with Crippen molar-refractivity contribution >= 4 is 17.6 Å². The van der Waals surface area contributed by atoms with E-state index >= 15 is 0 Å². The molecule has 0 spiro atoms. The van der Waals surface area contributed by atoms with Gasteiger partial charge in [0.25, 0.3) is 5.91 Å². The largest absolute Gasteiger partial charge is 0.460 e. The van der Waals surface area contributed by atoms with Gasteiger partial charge in [-0.15, -0.1) is 0 Å². The van der Waals surface area contributed by atoms with E-state index in [1.165, 1.54) is 12.1 Å². The summed E-state index contributed by atoms with van der Waals surface area (Å²) < 4.78 is 21.6. The van der Waals surface area contributed by atoms with Gasteiger partial charge in [-0.05, 0) is 74.2 Å². The number of carbonyl (C=O) groups is 2. The van der Waals surface area contributed by atoms with Crippen LogP contribution in [-0.2, 0) is 16.1 Å². The molecule has 0 aliphatic carbocycles. The van der Waals surface area contributed by atoms with E-state index < -0.39 is 5.60 Å². The highest BCUT2D eigenvalue weighted by atomic mass is 19.1. The van der Waals surface area contributed by atoms with Gasteiger partial charge in [0.2, 0.25) is 0 Å². The normalized spacial score (nSPS) is 11.5. The molecule has 1 aromatic heterocycles. The second-order valence-electron chi connectivity index (χ2n) is 10.8. The molecule has 1 N–H and O–H groups in total. The number of benzene rings is 3. The molecule has 5 nitrogen and oxygen atoms in total. The van der Waals surface area contributed by atoms with Gasteiger partial charge in [-0.3, -0.25) is 9.59 Å². The zero-order valence-corrected chi connectivity index (χ0v) is 23.1. The first kappa shape index (κ1) is 27.8. The van der Waals surface area contributed by atoms with Crippen LogP contribution in [0.15, 0.2) is 84.9 Å². The molecule has 6 heteroatoms. The van der Waals surface area contributed by atoms with Crippen molar-refractivity contribution in [3.63, 3.8) is 0 Å². The van der Waals surface area contributed by atoms with E-state index in [1.807, 2.05) is 99.8 Å². The maximum atomic E-state index is 14.0. The standard InChI is InChI=1S/C33H35FN2O3/c1-22(2)30-29(32(38)35-26-14-10-7-11-15-26)28(23-12-8-6-9-13-23)31(24-16-18-25(34)19-17-24)36(30)21-20-27(37)39-33(3,4)5/h6-19,22H,20-21H2,1-5H3,(H,35,38). The molecule has 0 saturated heterocycles. The van der Waals surface area contributed by atoms with Crippen molar-refractivity contribution in [1.29, 1.82) is 0 Å². The number of rotatable bonds is 8. The fraction of sp³-hybridized carbons (Fsp3) is 0.273. The number of anilines is 1. The van der Waals surface area contributed by atoms with E-state index in [4.69, 9.17) is 4.74 Å². The molecule has 0 unspecified atom stereocenters. The molecule has 0 aliphatic heterocycles. The summed E-state index contributed by atoms with van der Waals surface area (Å²) in [6.45, 7) is 9.87. The quantitative estimate of drug-likeness (QED) is 0.236. The van der Waals surface area contributed by atoms with E-state index in [1.54, 1.807) is 12.1 Å². The van der Waals surface area contributed by atoms with Crippen LogP contribution < -0.4 is 5.32 Å². The van der Waals surface area contributed by atoms with E-state index in [0.29, 0.717) is 17.8 Å². The van der Waals surface area contributed by atoms with E-state index in [2.05, 4.69) is 5.32 Å². The Labute approximate surface area is 229 Å². The van der Waals surface area contributed by atoms with Gasteiger partial charge in [-0.1, -0.05) is 62.4 Å². The third-order valence-corrected chi connectivity index (χ3v) is 6.25. The van der Waals surface area contributed by atoms with Crippen molar-refractivity contribution in [3.05, 3.63) is 102 Å². The van der Waals surface area contributed by atoms with Gasteiger partial charge in [0.1, 0.15) is 11.4 Å². The van der Waals surface area contributed by atoms with Crippen molar-refractivity contribution in [2.75, 3.05) is 5.32 Å². The van der Waals surface area contributed by atoms with Crippen LogP contribution >= 0.6 is 0 Å². The van der Waals surface area contributed by atoms with Gasteiger partial charge in [0, 0.05) is 23.5 Å².